The monoisotopic (exact) mass is 294 g/mol. The molecule has 0 spiro atoms. The highest BCUT2D eigenvalue weighted by Gasteiger charge is 2.33. The molecule has 1 aliphatic carbocycles. The molecule has 0 amide bonds. The minimum atomic E-state index is -3.87. The van der Waals surface area contributed by atoms with Crippen molar-refractivity contribution in [3.05, 3.63) is 36.2 Å². The molecule has 3 rings (SSSR count). The predicted octanol–water partition coefficient (Wildman–Crippen LogP) is 0.839. The van der Waals surface area contributed by atoms with Crippen LogP contribution in [-0.2, 0) is 16.6 Å². The first-order valence-corrected chi connectivity index (χ1v) is 7.75. The van der Waals surface area contributed by atoms with Gasteiger partial charge in [-0.2, -0.15) is 0 Å². The standard InChI is InChI=1S/C12H14N4O3S/c13-20(17,18)12-15-14-11(16(12)9-6-7-9)8-19-10-4-2-1-3-5-10/h1-5,9H,6-8H2,(H2,13,17,18). The van der Waals surface area contributed by atoms with Gasteiger partial charge in [0, 0.05) is 6.04 Å². The van der Waals surface area contributed by atoms with Crippen LogP contribution in [0.2, 0.25) is 0 Å². The Hall–Kier alpha value is -1.93. The lowest BCUT2D eigenvalue weighted by Crippen LogP contribution is -2.19. The third kappa shape index (κ3) is 2.66. The Bertz CT molecular complexity index is 708. The van der Waals surface area contributed by atoms with Gasteiger partial charge in [-0.05, 0) is 25.0 Å². The molecule has 0 atom stereocenters. The highest BCUT2D eigenvalue weighted by atomic mass is 32.2. The Morgan fingerprint density at radius 3 is 2.55 bits per heavy atom. The van der Waals surface area contributed by atoms with Gasteiger partial charge in [0.1, 0.15) is 12.4 Å². The summed E-state index contributed by atoms with van der Waals surface area (Å²) in [6.07, 6.45) is 1.80. The Balaban J connectivity index is 1.85. The SMILES string of the molecule is NS(=O)(=O)c1nnc(COc2ccccc2)n1C1CC1. The fourth-order valence-electron chi connectivity index (χ4n) is 1.96. The van der Waals surface area contributed by atoms with E-state index in [4.69, 9.17) is 9.88 Å². The van der Waals surface area contributed by atoms with E-state index in [1.54, 1.807) is 4.57 Å². The lowest BCUT2D eigenvalue weighted by molar-refractivity contribution is 0.287. The fraction of sp³-hybridized carbons (Fsp3) is 0.333. The molecule has 1 aliphatic rings. The minimum Gasteiger partial charge on any atom is -0.486 e. The van der Waals surface area contributed by atoms with E-state index in [2.05, 4.69) is 10.2 Å². The maximum Gasteiger partial charge on any atom is 0.273 e. The number of nitrogens with zero attached hydrogens (tertiary/aromatic N) is 3. The van der Waals surface area contributed by atoms with Crippen LogP contribution in [0.3, 0.4) is 0 Å². The van der Waals surface area contributed by atoms with Crippen LogP contribution in [0.5, 0.6) is 5.75 Å². The lowest BCUT2D eigenvalue weighted by atomic mass is 10.3. The van der Waals surface area contributed by atoms with E-state index >= 15 is 0 Å². The molecule has 1 fully saturated rings. The van der Waals surface area contributed by atoms with E-state index < -0.39 is 10.0 Å². The Morgan fingerprint density at radius 2 is 1.95 bits per heavy atom. The quantitative estimate of drug-likeness (QED) is 0.880. The first kappa shape index (κ1) is 13.1. The molecule has 8 heteroatoms. The van der Waals surface area contributed by atoms with Crippen molar-refractivity contribution in [1.29, 1.82) is 0 Å². The molecule has 0 saturated heterocycles. The number of hydrogen-bond donors (Lipinski definition) is 1. The highest BCUT2D eigenvalue weighted by molar-refractivity contribution is 7.89. The second kappa shape index (κ2) is 4.88. The van der Waals surface area contributed by atoms with Gasteiger partial charge in [0.15, 0.2) is 5.82 Å². The molecule has 7 nitrogen and oxygen atoms in total. The maximum atomic E-state index is 11.5. The van der Waals surface area contributed by atoms with Gasteiger partial charge in [-0.15, -0.1) is 10.2 Å². The summed E-state index contributed by atoms with van der Waals surface area (Å²) in [5.41, 5.74) is 0. The van der Waals surface area contributed by atoms with Crippen LogP contribution in [0.4, 0.5) is 0 Å². The lowest BCUT2D eigenvalue weighted by Gasteiger charge is -2.09. The van der Waals surface area contributed by atoms with Crippen molar-refractivity contribution in [2.45, 2.75) is 30.6 Å². The van der Waals surface area contributed by atoms with Crippen molar-refractivity contribution >= 4 is 10.0 Å². The number of nitrogens with two attached hydrogens (primary N) is 1. The molecule has 0 radical (unpaired) electrons. The van der Waals surface area contributed by atoms with Crippen molar-refractivity contribution in [2.24, 2.45) is 5.14 Å². The fourth-order valence-corrected chi connectivity index (χ4v) is 2.65. The number of hydrogen-bond acceptors (Lipinski definition) is 5. The van der Waals surface area contributed by atoms with Gasteiger partial charge in [0.25, 0.3) is 15.2 Å². The number of para-hydroxylation sites is 1. The van der Waals surface area contributed by atoms with E-state index in [1.165, 1.54) is 0 Å². The predicted molar refractivity (Wildman–Crippen MR) is 70.4 cm³/mol. The number of rotatable bonds is 5. The average molecular weight is 294 g/mol. The molecule has 1 aromatic carbocycles. The third-order valence-electron chi connectivity index (χ3n) is 3.01. The smallest absolute Gasteiger partial charge is 0.273 e. The van der Waals surface area contributed by atoms with Crippen molar-refractivity contribution in [3.8, 4) is 5.75 Å². The molecule has 1 heterocycles. The van der Waals surface area contributed by atoms with E-state index in [9.17, 15) is 8.42 Å². The topological polar surface area (TPSA) is 100 Å². The number of aromatic nitrogens is 3. The zero-order chi connectivity index (χ0) is 14.2. The van der Waals surface area contributed by atoms with E-state index in [0.29, 0.717) is 11.6 Å². The van der Waals surface area contributed by atoms with E-state index in [0.717, 1.165) is 12.8 Å². The Morgan fingerprint density at radius 1 is 1.25 bits per heavy atom. The second-order valence-electron chi connectivity index (χ2n) is 4.65. The first-order chi connectivity index (χ1) is 9.55. The van der Waals surface area contributed by atoms with E-state index in [-0.39, 0.29) is 17.8 Å². The normalized spacial score (nSPS) is 15.2. The van der Waals surface area contributed by atoms with Gasteiger partial charge in [0.2, 0.25) is 0 Å². The van der Waals surface area contributed by atoms with Gasteiger partial charge in [-0.1, -0.05) is 18.2 Å². The van der Waals surface area contributed by atoms with Gasteiger partial charge in [-0.25, -0.2) is 13.6 Å². The summed E-state index contributed by atoms with van der Waals surface area (Å²) in [5, 5.41) is 12.5. The van der Waals surface area contributed by atoms with Crippen LogP contribution >= 0.6 is 0 Å². The van der Waals surface area contributed by atoms with Gasteiger partial charge in [-0.3, -0.25) is 4.57 Å². The van der Waals surface area contributed by atoms with Crippen molar-refractivity contribution in [3.63, 3.8) is 0 Å². The van der Waals surface area contributed by atoms with Gasteiger partial charge >= 0.3 is 0 Å². The number of primary sulfonamides is 1. The molecule has 2 N–H and O–H groups in total. The van der Waals surface area contributed by atoms with Crippen molar-refractivity contribution < 1.29 is 13.2 Å². The van der Waals surface area contributed by atoms with E-state index in [1.807, 2.05) is 30.3 Å². The minimum absolute atomic E-state index is 0.104. The van der Waals surface area contributed by atoms with Crippen molar-refractivity contribution in [2.75, 3.05) is 0 Å². The largest absolute Gasteiger partial charge is 0.486 e. The molecule has 0 bridgehead atoms. The maximum absolute atomic E-state index is 11.5. The van der Waals surface area contributed by atoms with Crippen LogP contribution in [0.1, 0.15) is 24.7 Å². The number of sulfonamides is 1. The van der Waals surface area contributed by atoms with Crippen LogP contribution in [0.25, 0.3) is 0 Å². The molecular weight excluding hydrogens is 280 g/mol. The average Bonchev–Trinajstić information content (AvgIpc) is 3.16. The molecule has 2 aromatic rings. The number of ether oxygens (including phenoxy) is 1. The summed E-state index contributed by atoms with van der Waals surface area (Å²) in [6.45, 7) is 0.156. The molecule has 0 aliphatic heterocycles. The molecular formula is C12H14N4O3S. The Labute approximate surface area is 116 Å². The molecule has 1 aromatic heterocycles. The van der Waals surface area contributed by atoms with Gasteiger partial charge in [0.05, 0.1) is 0 Å². The summed E-state index contributed by atoms with van der Waals surface area (Å²) in [4.78, 5) is 0. The zero-order valence-corrected chi connectivity index (χ0v) is 11.5. The van der Waals surface area contributed by atoms with Crippen LogP contribution in [0.15, 0.2) is 35.5 Å². The summed E-state index contributed by atoms with van der Waals surface area (Å²) in [6, 6.07) is 9.34. The summed E-state index contributed by atoms with van der Waals surface area (Å²) >= 11 is 0. The highest BCUT2D eigenvalue weighted by Crippen LogP contribution is 2.37. The Kier molecular flexibility index (Phi) is 3.19. The second-order valence-corrected chi connectivity index (χ2v) is 6.10. The summed E-state index contributed by atoms with van der Waals surface area (Å²) < 4.78 is 30.1. The van der Waals surface area contributed by atoms with Crippen LogP contribution < -0.4 is 9.88 Å². The van der Waals surface area contributed by atoms with Gasteiger partial charge < -0.3 is 4.74 Å². The zero-order valence-electron chi connectivity index (χ0n) is 10.6. The first-order valence-electron chi connectivity index (χ1n) is 6.20. The summed E-state index contributed by atoms with van der Waals surface area (Å²) in [5.74, 6) is 1.16. The molecule has 0 unspecified atom stereocenters. The van der Waals surface area contributed by atoms with Crippen LogP contribution in [0, 0.1) is 0 Å². The van der Waals surface area contributed by atoms with Crippen LogP contribution in [-0.4, -0.2) is 23.2 Å². The molecule has 1 saturated carbocycles. The summed E-state index contributed by atoms with van der Waals surface area (Å²) in [7, 11) is -3.87. The third-order valence-corrected chi connectivity index (χ3v) is 3.80. The molecule has 106 valence electrons. The number of benzene rings is 1. The molecule has 20 heavy (non-hydrogen) atoms. The van der Waals surface area contributed by atoms with Crippen molar-refractivity contribution in [1.82, 2.24) is 14.8 Å².